The number of para-hydroxylation sites is 2. The second-order valence-electron chi connectivity index (χ2n) is 6.06. The minimum atomic E-state index is 0.646. The Morgan fingerprint density at radius 3 is 1.31 bits per heavy atom. The first-order valence-electron chi connectivity index (χ1n) is 9.05. The number of hydrogen-bond donors (Lipinski definition) is 7. The largest absolute Gasteiger partial charge is 0.399 e. The van der Waals surface area contributed by atoms with Crippen LogP contribution in [0.4, 0.5) is 34.1 Å². The lowest BCUT2D eigenvalue weighted by Gasteiger charge is -1.94. The van der Waals surface area contributed by atoms with Crippen molar-refractivity contribution >= 4 is 34.1 Å². The molecule has 0 amide bonds. The van der Waals surface area contributed by atoms with Crippen molar-refractivity contribution in [2.45, 2.75) is 6.42 Å². The van der Waals surface area contributed by atoms with E-state index in [-0.39, 0.29) is 0 Å². The molecule has 13 N–H and O–H groups in total. The molecule has 29 heavy (non-hydrogen) atoms. The fourth-order valence-electron chi connectivity index (χ4n) is 1.93. The van der Waals surface area contributed by atoms with Gasteiger partial charge in [-0.2, -0.15) is 0 Å². The van der Waals surface area contributed by atoms with Crippen molar-refractivity contribution in [1.29, 1.82) is 0 Å². The molecule has 1 heterocycles. The maximum atomic E-state index is 5.39. The Balaban J connectivity index is 0.000000196. The average Bonchev–Trinajstić information content (AvgIpc) is 3.28. The van der Waals surface area contributed by atoms with E-state index >= 15 is 0 Å². The number of rotatable bonds is 0. The van der Waals surface area contributed by atoms with E-state index in [4.69, 9.17) is 39.2 Å². The number of nitrogens with one attached hydrogen (secondary N) is 1. The molecule has 0 atom stereocenters. The van der Waals surface area contributed by atoms with Gasteiger partial charge in [-0.3, -0.25) is 0 Å². The summed E-state index contributed by atoms with van der Waals surface area (Å²) < 4.78 is 0. The van der Waals surface area contributed by atoms with E-state index in [2.05, 4.69) is 5.48 Å². The van der Waals surface area contributed by atoms with Gasteiger partial charge in [0.2, 0.25) is 0 Å². The molecule has 156 valence electrons. The molecular formula is C21H31N7O. The van der Waals surface area contributed by atoms with Crippen LogP contribution in [0.3, 0.4) is 0 Å². The molecule has 0 aromatic heterocycles. The molecule has 0 aliphatic carbocycles. The van der Waals surface area contributed by atoms with E-state index in [1.807, 2.05) is 18.2 Å². The molecule has 0 unspecified atom stereocenters. The minimum absolute atomic E-state index is 0.646. The Hall–Kier alpha value is -3.62. The summed E-state index contributed by atoms with van der Waals surface area (Å²) in [5.41, 5.74) is 39.2. The zero-order chi connectivity index (χ0) is 21.5. The standard InChI is InChI=1S/3C6H8N2.C3H7NO/c7-5-1-2-6(8)4-3-5;7-5-2-1-3-6(8)4-5;7-5-3-1-2-4-6(5)8;1-2-4-5-3-1/h3*1-4H,7-8H2;4H,1-3H2. The SMILES string of the molecule is C1CNOC1.Nc1ccc(N)cc1.Nc1cccc(N)c1.Nc1ccccc1N. The van der Waals surface area contributed by atoms with Crippen molar-refractivity contribution in [2.24, 2.45) is 0 Å². The van der Waals surface area contributed by atoms with Crippen molar-refractivity contribution in [1.82, 2.24) is 5.48 Å². The molecule has 1 aliphatic heterocycles. The normalized spacial score (nSPS) is 11.6. The van der Waals surface area contributed by atoms with Crippen molar-refractivity contribution in [3.8, 4) is 0 Å². The average molecular weight is 398 g/mol. The predicted molar refractivity (Wildman–Crippen MR) is 124 cm³/mol. The molecule has 1 aliphatic rings. The lowest BCUT2D eigenvalue weighted by atomic mass is 10.3. The quantitative estimate of drug-likeness (QED) is 0.283. The maximum absolute atomic E-state index is 5.39. The van der Waals surface area contributed by atoms with Crippen LogP contribution in [0, 0.1) is 0 Å². The van der Waals surface area contributed by atoms with Crippen molar-refractivity contribution in [3.63, 3.8) is 0 Å². The smallest absolute Gasteiger partial charge is 0.0695 e. The molecule has 1 saturated heterocycles. The summed E-state index contributed by atoms with van der Waals surface area (Å²) in [4.78, 5) is 4.69. The molecule has 0 saturated carbocycles. The first-order valence-corrected chi connectivity index (χ1v) is 9.05. The van der Waals surface area contributed by atoms with Crippen LogP contribution in [0.25, 0.3) is 0 Å². The van der Waals surface area contributed by atoms with Gasteiger partial charge in [-0.1, -0.05) is 18.2 Å². The summed E-state index contributed by atoms with van der Waals surface area (Å²) in [6, 6.07) is 21.5. The van der Waals surface area contributed by atoms with E-state index in [0.717, 1.165) is 24.5 Å². The van der Waals surface area contributed by atoms with Crippen molar-refractivity contribution in [2.75, 3.05) is 47.6 Å². The molecule has 3 aromatic carbocycles. The van der Waals surface area contributed by atoms with E-state index in [9.17, 15) is 0 Å². The molecule has 0 bridgehead atoms. The third kappa shape index (κ3) is 11.6. The number of nitrogen functional groups attached to an aromatic ring is 6. The minimum Gasteiger partial charge on any atom is -0.399 e. The number of hydroxylamine groups is 1. The topological polar surface area (TPSA) is 177 Å². The van der Waals surface area contributed by atoms with Crippen LogP contribution in [0.2, 0.25) is 0 Å². The van der Waals surface area contributed by atoms with E-state index in [1.54, 1.807) is 54.6 Å². The van der Waals surface area contributed by atoms with Gasteiger partial charge in [0, 0.05) is 29.3 Å². The van der Waals surface area contributed by atoms with Gasteiger partial charge in [-0.05, 0) is 61.0 Å². The van der Waals surface area contributed by atoms with Crippen LogP contribution in [-0.2, 0) is 4.84 Å². The van der Waals surface area contributed by atoms with Gasteiger partial charge in [0.1, 0.15) is 0 Å². The summed E-state index contributed by atoms with van der Waals surface area (Å²) in [6.07, 6.45) is 1.17. The second-order valence-corrected chi connectivity index (χ2v) is 6.06. The van der Waals surface area contributed by atoms with Gasteiger partial charge in [0.25, 0.3) is 0 Å². The van der Waals surface area contributed by atoms with Crippen LogP contribution < -0.4 is 39.9 Å². The Morgan fingerprint density at radius 1 is 0.586 bits per heavy atom. The number of hydrogen-bond acceptors (Lipinski definition) is 8. The highest BCUT2D eigenvalue weighted by Crippen LogP contribution is 2.10. The Labute approximate surface area is 171 Å². The van der Waals surface area contributed by atoms with Crippen LogP contribution >= 0.6 is 0 Å². The molecular weight excluding hydrogens is 366 g/mol. The van der Waals surface area contributed by atoms with Gasteiger partial charge >= 0.3 is 0 Å². The molecule has 1 fully saturated rings. The van der Waals surface area contributed by atoms with Gasteiger partial charge in [-0.15, -0.1) is 0 Å². The summed E-state index contributed by atoms with van der Waals surface area (Å²) in [6.45, 7) is 1.92. The summed E-state index contributed by atoms with van der Waals surface area (Å²) in [5.74, 6) is 0. The Bertz CT molecular complexity index is 754. The summed E-state index contributed by atoms with van der Waals surface area (Å²) in [7, 11) is 0. The summed E-state index contributed by atoms with van der Waals surface area (Å²) >= 11 is 0. The molecule has 0 spiro atoms. The molecule has 4 rings (SSSR count). The number of nitrogens with two attached hydrogens (primary N) is 6. The monoisotopic (exact) mass is 397 g/mol. The molecule has 8 heteroatoms. The molecule has 3 aromatic rings. The van der Waals surface area contributed by atoms with Crippen LogP contribution in [0.1, 0.15) is 6.42 Å². The third-order valence-electron chi connectivity index (χ3n) is 3.47. The second kappa shape index (κ2) is 13.5. The summed E-state index contributed by atoms with van der Waals surface area (Å²) in [5, 5.41) is 0. The first-order chi connectivity index (χ1) is 13.9. The lowest BCUT2D eigenvalue weighted by Crippen LogP contribution is -2.01. The highest BCUT2D eigenvalue weighted by atomic mass is 16.6. The zero-order valence-electron chi connectivity index (χ0n) is 16.4. The van der Waals surface area contributed by atoms with Crippen molar-refractivity contribution < 1.29 is 4.84 Å². The van der Waals surface area contributed by atoms with Crippen LogP contribution in [0.15, 0.2) is 72.8 Å². The predicted octanol–water partition coefficient (Wildman–Crippen LogP) is 2.46. The third-order valence-corrected chi connectivity index (χ3v) is 3.47. The number of benzene rings is 3. The molecule has 8 nitrogen and oxygen atoms in total. The van der Waals surface area contributed by atoms with E-state index in [0.29, 0.717) is 22.7 Å². The Kier molecular flexibility index (Phi) is 10.9. The van der Waals surface area contributed by atoms with Crippen LogP contribution in [-0.4, -0.2) is 13.2 Å². The maximum Gasteiger partial charge on any atom is 0.0695 e. The van der Waals surface area contributed by atoms with E-state index < -0.39 is 0 Å². The lowest BCUT2D eigenvalue weighted by molar-refractivity contribution is 0.103. The van der Waals surface area contributed by atoms with Gasteiger partial charge in [-0.25, -0.2) is 5.48 Å². The zero-order valence-corrected chi connectivity index (χ0v) is 16.4. The van der Waals surface area contributed by atoms with E-state index in [1.165, 1.54) is 6.42 Å². The fraction of sp³-hybridized carbons (Fsp3) is 0.143. The van der Waals surface area contributed by atoms with Gasteiger partial charge in [0.15, 0.2) is 0 Å². The highest BCUT2D eigenvalue weighted by molar-refractivity contribution is 5.62. The van der Waals surface area contributed by atoms with Crippen molar-refractivity contribution in [3.05, 3.63) is 72.8 Å². The highest BCUT2D eigenvalue weighted by Gasteiger charge is 1.93. The van der Waals surface area contributed by atoms with Gasteiger partial charge < -0.3 is 39.2 Å². The number of anilines is 6. The fourth-order valence-corrected chi connectivity index (χ4v) is 1.93. The first kappa shape index (κ1) is 23.4. The van der Waals surface area contributed by atoms with Gasteiger partial charge in [0.05, 0.1) is 18.0 Å². The Morgan fingerprint density at radius 2 is 1.07 bits per heavy atom. The van der Waals surface area contributed by atoms with Crippen LogP contribution in [0.5, 0.6) is 0 Å². The molecule has 0 radical (unpaired) electrons.